The molecule has 0 aromatic heterocycles. The fraction of sp³-hybridized carbons (Fsp3) is 0.857. The smallest absolute Gasteiger partial charge is 0.410 e. The van der Waals surface area contributed by atoms with Crippen LogP contribution in [0.15, 0.2) is 0 Å². The molecule has 0 spiro atoms. The zero-order valence-corrected chi connectivity index (χ0v) is 12.9. The third-order valence-corrected chi connectivity index (χ3v) is 3.13. The van der Waals surface area contributed by atoms with Crippen molar-refractivity contribution in [2.75, 3.05) is 26.7 Å². The van der Waals surface area contributed by atoms with Gasteiger partial charge in [-0.2, -0.15) is 0 Å². The molecule has 1 atom stereocenters. The van der Waals surface area contributed by atoms with Crippen molar-refractivity contribution in [3.8, 4) is 0 Å². The van der Waals surface area contributed by atoms with Gasteiger partial charge in [-0.25, -0.2) is 4.79 Å². The Labute approximate surface area is 120 Å². The largest absolute Gasteiger partial charge is 0.468 e. The van der Waals surface area contributed by atoms with Gasteiger partial charge in [0.15, 0.2) is 0 Å². The number of methoxy groups -OCH3 is 1. The van der Waals surface area contributed by atoms with E-state index >= 15 is 0 Å². The van der Waals surface area contributed by atoms with Crippen molar-refractivity contribution < 1.29 is 19.1 Å². The van der Waals surface area contributed by atoms with E-state index in [1.807, 2.05) is 20.8 Å². The number of amides is 1. The minimum Gasteiger partial charge on any atom is -0.468 e. The third kappa shape index (κ3) is 5.77. The van der Waals surface area contributed by atoms with Crippen LogP contribution in [0.5, 0.6) is 0 Å². The summed E-state index contributed by atoms with van der Waals surface area (Å²) >= 11 is 0. The van der Waals surface area contributed by atoms with Crippen LogP contribution in [0.25, 0.3) is 0 Å². The molecule has 0 saturated carbocycles. The average Bonchev–Trinajstić information content (AvgIpc) is 2.37. The lowest BCUT2D eigenvalue weighted by Crippen LogP contribution is -2.50. The van der Waals surface area contributed by atoms with Crippen molar-refractivity contribution in [3.05, 3.63) is 0 Å². The van der Waals surface area contributed by atoms with Gasteiger partial charge in [-0.05, 0) is 40.0 Å². The number of likely N-dealkylation sites (tertiary alicyclic amines) is 1. The Balaban J connectivity index is 2.49. The molecule has 20 heavy (non-hydrogen) atoms. The summed E-state index contributed by atoms with van der Waals surface area (Å²) in [4.78, 5) is 25.0. The number of hydrogen-bond donors (Lipinski definition) is 1. The lowest BCUT2D eigenvalue weighted by atomic mass is 10.0. The van der Waals surface area contributed by atoms with Crippen LogP contribution in [0.4, 0.5) is 4.79 Å². The van der Waals surface area contributed by atoms with Gasteiger partial charge in [0, 0.05) is 19.1 Å². The Hall–Kier alpha value is -1.30. The lowest BCUT2D eigenvalue weighted by Gasteiger charge is -2.36. The first kappa shape index (κ1) is 16.8. The SMILES string of the molecule is COC(=O)CNCC1CCCCN1C(=O)OC(C)(C)C. The van der Waals surface area contributed by atoms with Gasteiger partial charge in [0.2, 0.25) is 0 Å². The van der Waals surface area contributed by atoms with E-state index in [9.17, 15) is 9.59 Å². The van der Waals surface area contributed by atoms with Gasteiger partial charge >= 0.3 is 12.1 Å². The first-order valence-electron chi connectivity index (χ1n) is 7.10. The molecule has 1 aliphatic heterocycles. The van der Waals surface area contributed by atoms with Crippen LogP contribution in [0.1, 0.15) is 40.0 Å². The second kappa shape index (κ2) is 7.47. The molecule has 1 rings (SSSR count). The summed E-state index contributed by atoms with van der Waals surface area (Å²) in [6.07, 6.45) is 2.73. The van der Waals surface area contributed by atoms with Gasteiger partial charge in [-0.1, -0.05) is 0 Å². The van der Waals surface area contributed by atoms with E-state index in [1.165, 1.54) is 7.11 Å². The van der Waals surface area contributed by atoms with Crippen LogP contribution in [-0.2, 0) is 14.3 Å². The number of rotatable bonds is 4. The Kier molecular flexibility index (Phi) is 6.26. The molecule has 1 heterocycles. The predicted molar refractivity (Wildman–Crippen MR) is 75.5 cm³/mol. The number of carbonyl (C=O) groups is 2. The first-order valence-corrected chi connectivity index (χ1v) is 7.10. The third-order valence-electron chi connectivity index (χ3n) is 3.13. The van der Waals surface area contributed by atoms with Crippen molar-refractivity contribution in [3.63, 3.8) is 0 Å². The van der Waals surface area contributed by atoms with Gasteiger partial charge < -0.3 is 19.7 Å². The summed E-state index contributed by atoms with van der Waals surface area (Å²) in [5.41, 5.74) is -0.488. The molecule has 1 unspecified atom stereocenters. The number of nitrogens with zero attached hydrogens (tertiary/aromatic N) is 1. The summed E-state index contributed by atoms with van der Waals surface area (Å²) < 4.78 is 10.00. The van der Waals surface area contributed by atoms with Crippen LogP contribution in [0, 0.1) is 0 Å². The second-order valence-corrected chi connectivity index (χ2v) is 6.03. The number of ether oxygens (including phenoxy) is 2. The highest BCUT2D eigenvalue weighted by molar-refractivity contribution is 5.71. The van der Waals surface area contributed by atoms with Gasteiger partial charge in [-0.15, -0.1) is 0 Å². The Morgan fingerprint density at radius 1 is 1.30 bits per heavy atom. The normalized spacial score (nSPS) is 19.6. The summed E-state index contributed by atoms with van der Waals surface area (Å²) in [6.45, 7) is 7.03. The molecule has 0 aromatic carbocycles. The molecule has 1 fully saturated rings. The van der Waals surface area contributed by atoms with E-state index in [2.05, 4.69) is 10.1 Å². The van der Waals surface area contributed by atoms with Gasteiger partial charge in [0.25, 0.3) is 0 Å². The standard InChI is InChI=1S/C14H26N2O4/c1-14(2,3)20-13(18)16-8-6-5-7-11(16)9-15-10-12(17)19-4/h11,15H,5-10H2,1-4H3. The fourth-order valence-electron chi connectivity index (χ4n) is 2.19. The van der Waals surface area contributed by atoms with E-state index in [0.717, 1.165) is 19.3 Å². The number of esters is 1. The maximum Gasteiger partial charge on any atom is 0.410 e. The summed E-state index contributed by atoms with van der Waals surface area (Å²) in [7, 11) is 1.36. The Bertz CT molecular complexity index is 339. The van der Waals surface area contributed by atoms with E-state index in [4.69, 9.17) is 4.74 Å². The summed E-state index contributed by atoms with van der Waals surface area (Å²) in [5.74, 6) is -0.301. The van der Waals surface area contributed by atoms with Gasteiger partial charge in [0.05, 0.1) is 13.7 Å². The van der Waals surface area contributed by atoms with Gasteiger partial charge in [0.1, 0.15) is 5.60 Å². The van der Waals surface area contributed by atoms with E-state index in [0.29, 0.717) is 13.1 Å². The van der Waals surface area contributed by atoms with Crippen LogP contribution < -0.4 is 5.32 Å². The highest BCUT2D eigenvalue weighted by atomic mass is 16.6. The van der Waals surface area contributed by atoms with E-state index in [-0.39, 0.29) is 24.6 Å². The molecule has 1 aliphatic rings. The van der Waals surface area contributed by atoms with Crippen LogP contribution >= 0.6 is 0 Å². The monoisotopic (exact) mass is 286 g/mol. The zero-order valence-electron chi connectivity index (χ0n) is 12.9. The first-order chi connectivity index (χ1) is 9.33. The van der Waals surface area contributed by atoms with E-state index < -0.39 is 5.60 Å². The molecule has 0 aliphatic carbocycles. The number of carbonyl (C=O) groups excluding carboxylic acids is 2. The lowest BCUT2D eigenvalue weighted by molar-refractivity contribution is -0.139. The van der Waals surface area contributed by atoms with Crippen molar-refractivity contribution in [1.29, 1.82) is 0 Å². The predicted octanol–water partition coefficient (Wildman–Crippen LogP) is 1.54. The Morgan fingerprint density at radius 2 is 2.00 bits per heavy atom. The van der Waals surface area contributed by atoms with E-state index in [1.54, 1.807) is 4.90 Å². The molecular weight excluding hydrogens is 260 g/mol. The number of hydrogen-bond acceptors (Lipinski definition) is 5. The van der Waals surface area contributed by atoms with Gasteiger partial charge in [-0.3, -0.25) is 4.79 Å². The molecule has 1 N–H and O–H groups in total. The molecule has 1 amide bonds. The number of piperidine rings is 1. The highest BCUT2D eigenvalue weighted by Crippen LogP contribution is 2.19. The zero-order chi connectivity index (χ0) is 15.2. The fourth-order valence-corrected chi connectivity index (χ4v) is 2.19. The Morgan fingerprint density at radius 3 is 2.60 bits per heavy atom. The minimum absolute atomic E-state index is 0.0725. The summed E-state index contributed by atoms with van der Waals surface area (Å²) in [5, 5.41) is 3.03. The molecule has 6 heteroatoms. The molecule has 116 valence electrons. The minimum atomic E-state index is -0.488. The van der Waals surface area contributed by atoms with Crippen molar-refractivity contribution in [2.45, 2.75) is 51.7 Å². The topological polar surface area (TPSA) is 67.9 Å². The van der Waals surface area contributed by atoms with Crippen LogP contribution in [-0.4, -0.2) is 55.3 Å². The van der Waals surface area contributed by atoms with Crippen molar-refractivity contribution in [1.82, 2.24) is 10.2 Å². The maximum absolute atomic E-state index is 12.2. The van der Waals surface area contributed by atoms with Crippen molar-refractivity contribution in [2.24, 2.45) is 0 Å². The molecule has 0 aromatic rings. The second-order valence-electron chi connectivity index (χ2n) is 6.03. The molecule has 1 saturated heterocycles. The molecule has 6 nitrogen and oxygen atoms in total. The van der Waals surface area contributed by atoms with Crippen LogP contribution in [0.3, 0.4) is 0 Å². The summed E-state index contributed by atoms with van der Waals surface area (Å²) in [6, 6.07) is 0.0725. The number of nitrogens with one attached hydrogen (secondary N) is 1. The average molecular weight is 286 g/mol. The molecule has 0 radical (unpaired) electrons. The quantitative estimate of drug-likeness (QED) is 0.794. The van der Waals surface area contributed by atoms with Crippen LogP contribution in [0.2, 0.25) is 0 Å². The molecular formula is C14H26N2O4. The molecule has 0 bridgehead atoms. The van der Waals surface area contributed by atoms with Crippen molar-refractivity contribution >= 4 is 12.1 Å². The highest BCUT2D eigenvalue weighted by Gasteiger charge is 2.30. The maximum atomic E-state index is 12.2.